The first-order chi connectivity index (χ1) is 16.5. The third kappa shape index (κ3) is 5.64. The summed E-state index contributed by atoms with van der Waals surface area (Å²) in [6.45, 7) is 2.15. The van der Waals surface area contributed by atoms with Crippen LogP contribution in [0.3, 0.4) is 0 Å². The molecular weight excluding hydrogens is 472 g/mol. The predicted molar refractivity (Wildman–Crippen MR) is 133 cm³/mol. The van der Waals surface area contributed by atoms with Crippen LogP contribution in [-0.4, -0.2) is 45.6 Å². The van der Waals surface area contributed by atoms with E-state index >= 15 is 0 Å². The van der Waals surface area contributed by atoms with E-state index in [4.69, 9.17) is 4.78 Å². The second-order valence-corrected chi connectivity index (χ2v) is 10.9. The largest absolute Gasteiger partial charge is 0.354 e. The molecule has 0 spiro atoms. The molecule has 4 rings (SSSR count). The van der Waals surface area contributed by atoms with Crippen LogP contribution in [0.4, 0.5) is 20.3 Å². The van der Waals surface area contributed by atoms with Gasteiger partial charge in [0.1, 0.15) is 0 Å². The zero-order valence-corrected chi connectivity index (χ0v) is 20.4. The van der Waals surface area contributed by atoms with E-state index in [1.807, 2.05) is 30.3 Å². The van der Waals surface area contributed by atoms with Crippen LogP contribution in [0.2, 0.25) is 0 Å². The fraction of sp³-hybridized carbons (Fsp3) is 0.320. The van der Waals surface area contributed by atoms with Crippen LogP contribution in [0.1, 0.15) is 35.2 Å². The number of rotatable bonds is 5. The quantitative estimate of drug-likeness (QED) is 0.492. The van der Waals surface area contributed by atoms with Gasteiger partial charge in [0.05, 0.1) is 21.0 Å². The molecule has 184 valence electrons. The van der Waals surface area contributed by atoms with Crippen LogP contribution in [0, 0.1) is 11.7 Å². The number of nitrogens with zero attached hydrogens (tertiary/aromatic N) is 3. The molecule has 1 atom stereocenters. The molecular formula is C25H27F2N5O2S. The summed E-state index contributed by atoms with van der Waals surface area (Å²) in [4.78, 5) is 15.6. The van der Waals surface area contributed by atoms with Gasteiger partial charge in [-0.25, -0.2) is 17.8 Å². The maximum atomic E-state index is 14.0. The van der Waals surface area contributed by atoms with Crippen molar-refractivity contribution in [2.45, 2.75) is 37.0 Å². The molecule has 2 aromatic carbocycles. The molecule has 7 nitrogen and oxygen atoms in total. The number of nitrogens with one attached hydrogen (secondary N) is 2. The van der Waals surface area contributed by atoms with Crippen LogP contribution in [-0.2, 0) is 9.73 Å². The van der Waals surface area contributed by atoms with Gasteiger partial charge in [0, 0.05) is 48.3 Å². The minimum absolute atomic E-state index is 0.0539. The van der Waals surface area contributed by atoms with Crippen molar-refractivity contribution in [2.75, 3.05) is 29.6 Å². The smallest absolute Gasteiger partial charge is 0.259 e. The number of aromatic nitrogens is 2. The number of hydrogen-bond donors (Lipinski definition) is 2. The van der Waals surface area contributed by atoms with Gasteiger partial charge in [0.15, 0.2) is 5.82 Å². The van der Waals surface area contributed by atoms with Crippen molar-refractivity contribution in [3.63, 3.8) is 0 Å². The van der Waals surface area contributed by atoms with Crippen molar-refractivity contribution in [1.29, 1.82) is 4.78 Å². The Labute approximate surface area is 203 Å². The van der Waals surface area contributed by atoms with Crippen molar-refractivity contribution in [1.82, 2.24) is 10.2 Å². The average Bonchev–Trinajstić information content (AvgIpc) is 2.99. The van der Waals surface area contributed by atoms with Crippen LogP contribution in [0.5, 0.6) is 0 Å². The molecule has 0 aliphatic carbocycles. The monoisotopic (exact) mass is 499 g/mol. The topological polar surface area (TPSA) is 99.0 Å². The van der Waals surface area contributed by atoms with Gasteiger partial charge < -0.3 is 10.2 Å². The number of hydrogen-bond acceptors (Lipinski definition) is 6. The lowest BCUT2D eigenvalue weighted by Crippen LogP contribution is -2.30. The Bertz CT molecular complexity index is 1350. The molecule has 1 fully saturated rings. The highest BCUT2D eigenvalue weighted by Crippen LogP contribution is 2.33. The number of amides is 1. The number of halogens is 2. The second-order valence-electron chi connectivity index (χ2n) is 8.76. The molecule has 1 aromatic heterocycles. The molecule has 0 saturated carbocycles. The molecule has 35 heavy (non-hydrogen) atoms. The lowest BCUT2D eigenvalue weighted by atomic mass is 10.0. The van der Waals surface area contributed by atoms with E-state index in [0.29, 0.717) is 28.4 Å². The molecule has 1 aliphatic rings. The van der Waals surface area contributed by atoms with E-state index in [2.05, 4.69) is 15.5 Å². The summed E-state index contributed by atoms with van der Waals surface area (Å²) in [6, 6.07) is 15.6. The molecule has 1 aliphatic heterocycles. The number of benzene rings is 2. The van der Waals surface area contributed by atoms with E-state index in [0.717, 1.165) is 5.56 Å². The summed E-state index contributed by atoms with van der Waals surface area (Å²) >= 11 is 0. The van der Waals surface area contributed by atoms with E-state index in [-0.39, 0.29) is 37.2 Å². The van der Waals surface area contributed by atoms with Crippen LogP contribution in [0.25, 0.3) is 11.3 Å². The lowest BCUT2D eigenvalue weighted by molar-refractivity contribution is -0.0102. The molecule has 1 unspecified atom stereocenters. The van der Waals surface area contributed by atoms with Crippen LogP contribution >= 0.6 is 0 Å². The van der Waals surface area contributed by atoms with Crippen molar-refractivity contribution < 1.29 is 17.8 Å². The molecule has 0 bridgehead atoms. The van der Waals surface area contributed by atoms with Crippen molar-refractivity contribution in [2.24, 2.45) is 0 Å². The number of carbonyl (C=O) groups is 1. The Balaban J connectivity index is 1.77. The molecule has 2 N–H and O–H groups in total. The maximum Gasteiger partial charge on any atom is 0.259 e. The number of anilines is 2. The first kappa shape index (κ1) is 24.7. The Morgan fingerprint density at radius 2 is 1.83 bits per heavy atom. The summed E-state index contributed by atoms with van der Waals surface area (Å²) in [7, 11) is -2.97. The zero-order valence-electron chi connectivity index (χ0n) is 19.6. The minimum Gasteiger partial charge on any atom is -0.354 e. The van der Waals surface area contributed by atoms with Gasteiger partial charge in [0.25, 0.3) is 5.91 Å². The molecule has 10 heteroatoms. The van der Waals surface area contributed by atoms with Gasteiger partial charge in [0.2, 0.25) is 5.92 Å². The fourth-order valence-electron chi connectivity index (χ4n) is 4.16. The first-order valence-electron chi connectivity index (χ1n) is 11.3. The Hall–Kier alpha value is -3.40. The third-order valence-corrected chi connectivity index (χ3v) is 7.19. The van der Waals surface area contributed by atoms with Crippen LogP contribution in [0.15, 0.2) is 59.5 Å². The van der Waals surface area contributed by atoms with E-state index in [1.165, 1.54) is 12.3 Å². The molecule has 1 amide bonds. The lowest BCUT2D eigenvalue weighted by Gasteiger charge is -2.25. The van der Waals surface area contributed by atoms with Gasteiger partial charge in [-0.1, -0.05) is 36.4 Å². The summed E-state index contributed by atoms with van der Waals surface area (Å²) in [5, 5.41) is 11.5. The SMILES string of the molecule is Cc1c(-c2ccccc2)nnc(N2CCCC(F)(F)CC2)c1C(=O)Nc1cccc(S(C)(=N)=O)c1. The highest BCUT2D eigenvalue weighted by molar-refractivity contribution is 7.91. The zero-order chi connectivity index (χ0) is 25.2. The standard InChI is InChI=1S/C25H27F2N5O2S/c1-17-21(24(33)29-19-10-6-11-20(16-19)35(2,28)34)23(32-14-7-12-25(26,27)13-15-32)31-30-22(17)18-8-4-3-5-9-18/h3-6,8-11,16,28H,7,12-15H2,1-2H3,(H,29,33). The van der Waals surface area contributed by atoms with E-state index in [9.17, 15) is 17.8 Å². The average molecular weight is 500 g/mol. The predicted octanol–water partition coefficient (Wildman–Crippen LogP) is 5.37. The highest BCUT2D eigenvalue weighted by Gasteiger charge is 2.34. The fourth-order valence-corrected chi connectivity index (χ4v) is 4.85. The number of alkyl halides is 2. The summed E-state index contributed by atoms with van der Waals surface area (Å²) < 4.78 is 48.0. The van der Waals surface area contributed by atoms with Crippen LogP contribution < -0.4 is 10.2 Å². The summed E-state index contributed by atoms with van der Waals surface area (Å²) in [6.07, 6.45) is 1.04. The first-order valence-corrected chi connectivity index (χ1v) is 13.2. The normalized spacial score (nSPS) is 17.3. The number of carbonyl (C=O) groups excluding carboxylic acids is 1. The molecule has 1 saturated heterocycles. The molecule has 2 heterocycles. The second kappa shape index (κ2) is 9.69. The third-order valence-electron chi connectivity index (χ3n) is 6.03. The molecule has 3 aromatic rings. The Morgan fingerprint density at radius 1 is 1.09 bits per heavy atom. The van der Waals surface area contributed by atoms with Crippen molar-refractivity contribution in [3.8, 4) is 11.3 Å². The van der Waals surface area contributed by atoms with Gasteiger partial charge >= 0.3 is 0 Å². The van der Waals surface area contributed by atoms with E-state index in [1.54, 1.807) is 30.0 Å². The molecule has 0 radical (unpaired) electrons. The van der Waals surface area contributed by atoms with Gasteiger partial charge in [-0.3, -0.25) is 4.79 Å². The van der Waals surface area contributed by atoms with Crippen molar-refractivity contribution >= 4 is 27.1 Å². The summed E-state index contributed by atoms with van der Waals surface area (Å²) in [5.41, 5.74) is 2.50. The highest BCUT2D eigenvalue weighted by atomic mass is 32.2. The van der Waals surface area contributed by atoms with Gasteiger partial charge in [-0.2, -0.15) is 0 Å². The van der Waals surface area contributed by atoms with E-state index < -0.39 is 21.6 Å². The maximum absolute atomic E-state index is 14.0. The van der Waals surface area contributed by atoms with Gasteiger partial charge in [-0.15, -0.1) is 10.2 Å². The summed E-state index contributed by atoms with van der Waals surface area (Å²) in [5.74, 6) is -2.98. The Morgan fingerprint density at radius 3 is 2.54 bits per heavy atom. The Kier molecular flexibility index (Phi) is 6.84. The van der Waals surface area contributed by atoms with Gasteiger partial charge in [-0.05, 0) is 37.1 Å². The minimum atomic E-state index is -2.97. The van der Waals surface area contributed by atoms with Crippen molar-refractivity contribution in [3.05, 3.63) is 65.7 Å².